The van der Waals surface area contributed by atoms with E-state index in [-0.39, 0.29) is 6.04 Å². The number of esters is 1. The smallest absolute Gasteiger partial charge is 0.343 e. The Kier molecular flexibility index (Phi) is 6.87. The predicted molar refractivity (Wildman–Crippen MR) is 79.1 cm³/mol. The molecule has 1 aliphatic carbocycles. The van der Waals surface area contributed by atoms with Crippen molar-refractivity contribution < 1.29 is 22.7 Å². The fourth-order valence-electron chi connectivity index (χ4n) is 2.39. The summed E-state index contributed by atoms with van der Waals surface area (Å²) >= 11 is 0. The van der Waals surface area contributed by atoms with Crippen LogP contribution in [0.3, 0.4) is 0 Å². The van der Waals surface area contributed by atoms with Gasteiger partial charge in [0.05, 0.1) is 13.5 Å². The van der Waals surface area contributed by atoms with Crippen LogP contribution in [0.4, 0.5) is 13.2 Å². The lowest BCUT2D eigenvalue weighted by molar-refractivity contribution is -0.136. The minimum Gasteiger partial charge on any atom is -0.465 e. The molecule has 0 heterocycles. The van der Waals surface area contributed by atoms with E-state index in [2.05, 4.69) is 16.6 Å². The molecule has 0 amide bonds. The van der Waals surface area contributed by atoms with Gasteiger partial charge in [-0.25, -0.2) is 18.0 Å². The minimum absolute atomic E-state index is 0.258. The van der Waals surface area contributed by atoms with Crippen LogP contribution in [0, 0.1) is 0 Å². The second-order valence-corrected chi connectivity index (χ2v) is 5.42. The lowest BCUT2D eigenvalue weighted by Gasteiger charge is -2.30. The van der Waals surface area contributed by atoms with E-state index < -0.39 is 35.4 Å². The molecule has 3 nitrogen and oxygen atoms in total. The third-order valence-electron chi connectivity index (χ3n) is 3.45. The number of carbonyl (C=O) groups excluding carboxylic acids is 1. The van der Waals surface area contributed by atoms with Crippen molar-refractivity contribution in [2.75, 3.05) is 7.11 Å². The van der Waals surface area contributed by atoms with Gasteiger partial charge in [0.1, 0.15) is 17.2 Å². The fourth-order valence-corrected chi connectivity index (χ4v) is 2.39. The lowest BCUT2D eigenvalue weighted by atomic mass is 9.97. The van der Waals surface area contributed by atoms with Crippen molar-refractivity contribution in [3.8, 4) is 0 Å². The molecule has 22 heavy (non-hydrogen) atoms. The Bertz CT molecular complexity index is 488. The second kappa shape index (κ2) is 8.17. The summed E-state index contributed by atoms with van der Waals surface area (Å²) in [6.45, 7) is 5.37. The summed E-state index contributed by atoms with van der Waals surface area (Å²) in [7, 11) is 1.01. The molecule has 1 N–H and O–H groups in total. The Balaban J connectivity index is 2.67. The number of unbranched alkanes of at least 4 members (excludes halogenated alkanes) is 2. The van der Waals surface area contributed by atoms with Crippen molar-refractivity contribution in [1.29, 1.82) is 0 Å². The zero-order valence-corrected chi connectivity index (χ0v) is 12.9. The summed E-state index contributed by atoms with van der Waals surface area (Å²) in [5.41, 5.74) is -0.837. The number of hydrogen-bond donors (Lipinski definition) is 1. The highest BCUT2D eigenvalue weighted by molar-refractivity contribution is 5.93. The third kappa shape index (κ3) is 5.02. The van der Waals surface area contributed by atoms with Crippen molar-refractivity contribution >= 4 is 5.97 Å². The van der Waals surface area contributed by atoms with E-state index in [1.54, 1.807) is 6.92 Å². The summed E-state index contributed by atoms with van der Waals surface area (Å²) < 4.78 is 46.5. The van der Waals surface area contributed by atoms with Crippen molar-refractivity contribution in [3.05, 3.63) is 36.0 Å². The maximum absolute atomic E-state index is 14.6. The Morgan fingerprint density at radius 2 is 2.23 bits per heavy atom. The molecule has 0 saturated carbocycles. The van der Waals surface area contributed by atoms with Crippen molar-refractivity contribution in [2.24, 2.45) is 0 Å². The number of alkyl halides is 1. The van der Waals surface area contributed by atoms with Crippen LogP contribution in [-0.2, 0) is 9.53 Å². The summed E-state index contributed by atoms with van der Waals surface area (Å²) in [5.74, 6) is -5.89. The van der Waals surface area contributed by atoms with E-state index in [4.69, 9.17) is 0 Å². The van der Waals surface area contributed by atoms with Gasteiger partial charge in [-0.05, 0) is 26.2 Å². The van der Waals surface area contributed by atoms with Gasteiger partial charge in [0.15, 0.2) is 5.79 Å². The molecule has 0 bridgehead atoms. The molecule has 0 saturated heterocycles. The SMILES string of the molecule is C=CCCCCC(C)NC1(F)C=C(F)C(C(=O)OC)=C(F)C1. The molecule has 1 aliphatic rings. The van der Waals surface area contributed by atoms with Gasteiger partial charge < -0.3 is 4.74 Å². The van der Waals surface area contributed by atoms with Gasteiger partial charge in [0.2, 0.25) is 0 Å². The highest BCUT2D eigenvalue weighted by atomic mass is 19.2. The summed E-state index contributed by atoms with van der Waals surface area (Å²) in [6, 6.07) is -0.258. The van der Waals surface area contributed by atoms with Gasteiger partial charge in [-0.15, -0.1) is 6.58 Å². The Morgan fingerprint density at radius 3 is 2.77 bits per heavy atom. The number of carbonyl (C=O) groups is 1. The maximum Gasteiger partial charge on any atom is 0.343 e. The first-order chi connectivity index (χ1) is 10.3. The van der Waals surface area contributed by atoms with E-state index in [9.17, 15) is 18.0 Å². The molecule has 2 unspecified atom stereocenters. The molecule has 0 aromatic carbocycles. The molecule has 0 radical (unpaired) electrons. The number of nitrogens with one attached hydrogen (secondary N) is 1. The Labute approximate surface area is 128 Å². The number of hydrogen-bond acceptors (Lipinski definition) is 3. The summed E-state index contributed by atoms with van der Waals surface area (Å²) in [5, 5.41) is 2.58. The average molecular weight is 317 g/mol. The first-order valence-corrected chi connectivity index (χ1v) is 7.26. The van der Waals surface area contributed by atoms with Gasteiger partial charge >= 0.3 is 5.97 Å². The first-order valence-electron chi connectivity index (χ1n) is 7.26. The van der Waals surface area contributed by atoms with E-state index in [1.165, 1.54) is 0 Å². The maximum atomic E-state index is 14.6. The number of ether oxygens (including phenoxy) is 1. The Morgan fingerprint density at radius 1 is 1.55 bits per heavy atom. The van der Waals surface area contributed by atoms with Crippen LogP contribution >= 0.6 is 0 Å². The van der Waals surface area contributed by atoms with Gasteiger partial charge in [-0.3, -0.25) is 5.32 Å². The molecule has 124 valence electrons. The number of methoxy groups -OCH3 is 1. The lowest BCUT2D eigenvalue weighted by Crippen LogP contribution is -2.46. The molecule has 0 spiro atoms. The van der Waals surface area contributed by atoms with Crippen LogP contribution in [0.5, 0.6) is 0 Å². The van der Waals surface area contributed by atoms with E-state index in [0.29, 0.717) is 12.5 Å². The topological polar surface area (TPSA) is 38.3 Å². The quantitative estimate of drug-likeness (QED) is 0.318. The van der Waals surface area contributed by atoms with Gasteiger partial charge in [0, 0.05) is 12.1 Å². The van der Waals surface area contributed by atoms with Crippen molar-refractivity contribution in [2.45, 2.75) is 50.9 Å². The molecule has 6 heteroatoms. The highest BCUT2D eigenvalue weighted by Crippen LogP contribution is 2.35. The van der Waals surface area contributed by atoms with E-state index >= 15 is 0 Å². The van der Waals surface area contributed by atoms with Crippen LogP contribution in [0.25, 0.3) is 0 Å². The van der Waals surface area contributed by atoms with E-state index in [0.717, 1.165) is 26.4 Å². The van der Waals surface area contributed by atoms with Crippen LogP contribution in [-0.4, -0.2) is 24.9 Å². The zero-order chi connectivity index (χ0) is 16.8. The molecule has 0 aromatic heterocycles. The minimum atomic E-state index is -2.34. The second-order valence-electron chi connectivity index (χ2n) is 5.42. The summed E-state index contributed by atoms with van der Waals surface area (Å²) in [4.78, 5) is 11.3. The third-order valence-corrected chi connectivity index (χ3v) is 3.45. The zero-order valence-electron chi connectivity index (χ0n) is 12.9. The monoisotopic (exact) mass is 317 g/mol. The van der Waals surface area contributed by atoms with E-state index in [1.807, 2.05) is 6.08 Å². The van der Waals surface area contributed by atoms with Gasteiger partial charge in [-0.1, -0.05) is 12.5 Å². The van der Waals surface area contributed by atoms with Crippen molar-refractivity contribution in [3.63, 3.8) is 0 Å². The van der Waals surface area contributed by atoms with Crippen LogP contribution in [0.1, 0.15) is 39.0 Å². The normalized spacial score (nSPS) is 23.0. The molecule has 0 aromatic rings. The van der Waals surface area contributed by atoms with Gasteiger partial charge in [-0.2, -0.15) is 0 Å². The largest absolute Gasteiger partial charge is 0.465 e. The first kappa shape index (κ1) is 18.5. The van der Waals surface area contributed by atoms with Crippen LogP contribution < -0.4 is 5.32 Å². The predicted octanol–water partition coefficient (Wildman–Crippen LogP) is 4.03. The van der Waals surface area contributed by atoms with Gasteiger partial charge in [0.25, 0.3) is 0 Å². The number of rotatable bonds is 8. The molecule has 1 rings (SSSR count). The Hall–Kier alpha value is -1.56. The van der Waals surface area contributed by atoms with Crippen LogP contribution in [0.15, 0.2) is 36.0 Å². The number of allylic oxidation sites excluding steroid dienone is 1. The standard InChI is InChI=1S/C16H22F3NO2/c1-4-5-6-7-8-11(2)20-16(19)9-12(17)14(13(18)10-16)15(21)22-3/h4,9,11,20H,1,5-8,10H2,2-3H3. The summed E-state index contributed by atoms with van der Waals surface area (Å²) in [6.07, 6.45) is 5.01. The molecule has 0 aliphatic heterocycles. The average Bonchev–Trinajstić information content (AvgIpc) is 2.41. The molecular formula is C16H22F3NO2. The molecule has 0 fully saturated rings. The highest BCUT2D eigenvalue weighted by Gasteiger charge is 2.39. The number of halogens is 3. The molecule has 2 atom stereocenters. The van der Waals surface area contributed by atoms with Crippen molar-refractivity contribution in [1.82, 2.24) is 5.32 Å². The fraction of sp³-hybridized carbons (Fsp3) is 0.562. The molecular weight excluding hydrogens is 295 g/mol. The van der Waals surface area contributed by atoms with Crippen LogP contribution in [0.2, 0.25) is 0 Å².